The minimum atomic E-state index is -4.38. The van der Waals surface area contributed by atoms with E-state index in [0.717, 1.165) is 43.8 Å². The number of piperidine rings is 1. The Hall–Kier alpha value is -2.41. The Bertz CT molecular complexity index is 836. The Kier molecular flexibility index (Phi) is 6.03. The fourth-order valence-electron chi connectivity index (χ4n) is 3.47. The number of nitrogens with zero attached hydrogens (tertiary/aromatic N) is 3. The lowest BCUT2D eigenvalue weighted by atomic mass is 9.93. The molecular weight excluding hydrogens is 367 g/mol. The van der Waals surface area contributed by atoms with Gasteiger partial charge in [0.15, 0.2) is 0 Å². The van der Waals surface area contributed by atoms with Crippen LogP contribution in [0.25, 0.3) is 11.3 Å². The molecule has 1 aliphatic rings. The van der Waals surface area contributed by atoms with E-state index in [1.807, 2.05) is 12.1 Å². The molecule has 0 unspecified atom stereocenters. The number of carbonyl (C=O) groups is 1. The summed E-state index contributed by atoms with van der Waals surface area (Å²) in [5, 5.41) is 0. The number of likely N-dealkylation sites (tertiary alicyclic amines) is 1. The first kappa shape index (κ1) is 20.3. The molecule has 1 saturated heterocycles. The molecular formula is C21H24F3N3O. The van der Waals surface area contributed by atoms with Gasteiger partial charge in [-0.2, -0.15) is 13.2 Å². The second-order valence-corrected chi connectivity index (χ2v) is 7.39. The number of hydrogen-bond donors (Lipinski definition) is 0. The molecule has 0 radical (unpaired) electrons. The number of likely N-dealkylation sites (N-methyl/N-ethyl adjacent to an activating group) is 1. The summed E-state index contributed by atoms with van der Waals surface area (Å²) in [5.41, 5.74) is 1.16. The first-order valence-corrected chi connectivity index (χ1v) is 9.31. The summed E-state index contributed by atoms with van der Waals surface area (Å²) < 4.78 is 39.0. The molecule has 1 fully saturated rings. The molecule has 1 amide bonds. The highest BCUT2D eigenvalue weighted by molar-refractivity contribution is 5.77. The van der Waals surface area contributed by atoms with Gasteiger partial charge in [-0.05, 0) is 43.7 Å². The third-order valence-electron chi connectivity index (χ3n) is 5.04. The number of carbonyl (C=O) groups excluding carboxylic acids is 1. The highest BCUT2D eigenvalue weighted by Gasteiger charge is 2.30. The van der Waals surface area contributed by atoms with Crippen molar-refractivity contribution in [3.8, 4) is 11.3 Å². The van der Waals surface area contributed by atoms with Crippen LogP contribution in [0.3, 0.4) is 0 Å². The lowest BCUT2D eigenvalue weighted by Crippen LogP contribution is -2.41. The van der Waals surface area contributed by atoms with Crippen molar-refractivity contribution in [1.29, 1.82) is 0 Å². The number of hydrogen-bond acceptors (Lipinski definition) is 3. The fraction of sp³-hybridized carbons (Fsp3) is 0.429. The van der Waals surface area contributed by atoms with Gasteiger partial charge in [0, 0.05) is 37.8 Å². The highest BCUT2D eigenvalue weighted by Crippen LogP contribution is 2.32. The van der Waals surface area contributed by atoms with Crippen molar-refractivity contribution in [3.05, 3.63) is 53.7 Å². The topological polar surface area (TPSA) is 36.4 Å². The second-order valence-electron chi connectivity index (χ2n) is 7.39. The second kappa shape index (κ2) is 8.31. The number of rotatable bonds is 4. The maximum atomic E-state index is 13.0. The summed E-state index contributed by atoms with van der Waals surface area (Å²) in [4.78, 5) is 20.3. The molecule has 0 saturated carbocycles. The van der Waals surface area contributed by atoms with Crippen LogP contribution >= 0.6 is 0 Å². The van der Waals surface area contributed by atoms with E-state index in [9.17, 15) is 18.0 Å². The molecule has 4 nitrogen and oxygen atoms in total. The summed E-state index contributed by atoms with van der Waals surface area (Å²) >= 11 is 0. The van der Waals surface area contributed by atoms with Gasteiger partial charge in [-0.1, -0.05) is 18.2 Å². The smallest absolute Gasteiger partial charge is 0.348 e. The summed E-state index contributed by atoms with van der Waals surface area (Å²) in [7, 11) is 3.48. The van der Waals surface area contributed by atoms with Crippen LogP contribution in [0.2, 0.25) is 0 Å². The minimum absolute atomic E-state index is 0.0614. The number of aromatic nitrogens is 1. The van der Waals surface area contributed by atoms with E-state index >= 15 is 0 Å². The molecule has 3 rings (SSSR count). The molecule has 150 valence electrons. The average molecular weight is 391 g/mol. The Morgan fingerprint density at radius 3 is 2.68 bits per heavy atom. The normalized spacial score (nSPS) is 18.1. The SMILES string of the molecule is CN(C)C(=O)CN1CCC[C@@H](c2cccc(-c3cccc(C(F)(F)F)c3)n2)C1. The van der Waals surface area contributed by atoms with Gasteiger partial charge in [0.2, 0.25) is 5.91 Å². The molecule has 0 aliphatic carbocycles. The predicted octanol–water partition coefficient (Wildman–Crippen LogP) is 4.04. The quantitative estimate of drug-likeness (QED) is 0.790. The number of halogens is 3. The van der Waals surface area contributed by atoms with Gasteiger partial charge in [-0.15, -0.1) is 0 Å². The van der Waals surface area contributed by atoms with Crippen LogP contribution in [0.15, 0.2) is 42.5 Å². The van der Waals surface area contributed by atoms with Crippen molar-refractivity contribution >= 4 is 5.91 Å². The third kappa shape index (κ3) is 4.90. The van der Waals surface area contributed by atoms with E-state index in [1.165, 1.54) is 6.07 Å². The molecule has 28 heavy (non-hydrogen) atoms. The molecule has 0 spiro atoms. The van der Waals surface area contributed by atoms with Crippen LogP contribution in [0.4, 0.5) is 13.2 Å². The van der Waals surface area contributed by atoms with Crippen molar-refractivity contribution < 1.29 is 18.0 Å². The van der Waals surface area contributed by atoms with Crippen molar-refractivity contribution in [3.63, 3.8) is 0 Å². The van der Waals surface area contributed by atoms with Crippen molar-refractivity contribution in [2.75, 3.05) is 33.7 Å². The molecule has 0 bridgehead atoms. The van der Waals surface area contributed by atoms with Crippen molar-refractivity contribution in [1.82, 2.24) is 14.8 Å². The molecule has 1 aliphatic heterocycles. The third-order valence-corrected chi connectivity index (χ3v) is 5.04. The van der Waals surface area contributed by atoms with Crippen LogP contribution < -0.4 is 0 Å². The van der Waals surface area contributed by atoms with E-state index in [0.29, 0.717) is 17.8 Å². The zero-order valence-electron chi connectivity index (χ0n) is 16.0. The standard InChI is InChI=1S/C21H24F3N3O/c1-26(2)20(28)14-27-11-5-7-16(13-27)19-10-4-9-18(25-19)15-6-3-8-17(12-15)21(22,23)24/h3-4,6,8-10,12,16H,5,7,11,13-14H2,1-2H3/t16-/m1/s1. The molecule has 1 atom stereocenters. The van der Waals surface area contributed by atoms with Gasteiger partial charge in [-0.25, -0.2) is 0 Å². The lowest BCUT2D eigenvalue weighted by molar-refractivity contribution is -0.137. The summed E-state index contributed by atoms with van der Waals surface area (Å²) in [6, 6.07) is 10.7. The fourth-order valence-corrected chi connectivity index (χ4v) is 3.47. The van der Waals surface area contributed by atoms with Gasteiger partial charge in [0.05, 0.1) is 17.8 Å². The van der Waals surface area contributed by atoms with E-state index in [4.69, 9.17) is 0 Å². The van der Waals surface area contributed by atoms with Crippen LogP contribution in [0.1, 0.15) is 30.0 Å². The van der Waals surface area contributed by atoms with E-state index in [1.54, 1.807) is 31.1 Å². The molecule has 1 aromatic heterocycles. The first-order valence-electron chi connectivity index (χ1n) is 9.31. The summed E-state index contributed by atoms with van der Waals surface area (Å²) in [6.45, 7) is 1.96. The Balaban J connectivity index is 1.79. The monoisotopic (exact) mass is 391 g/mol. The molecule has 2 aromatic rings. The maximum absolute atomic E-state index is 13.0. The van der Waals surface area contributed by atoms with Gasteiger partial charge in [-0.3, -0.25) is 14.7 Å². The zero-order valence-corrected chi connectivity index (χ0v) is 16.0. The van der Waals surface area contributed by atoms with Crippen molar-refractivity contribution in [2.24, 2.45) is 0 Å². The van der Waals surface area contributed by atoms with Crippen LogP contribution in [-0.4, -0.2) is 54.4 Å². The number of alkyl halides is 3. The van der Waals surface area contributed by atoms with Gasteiger partial charge >= 0.3 is 6.18 Å². The van der Waals surface area contributed by atoms with Crippen molar-refractivity contribution in [2.45, 2.75) is 24.9 Å². The number of amides is 1. The molecule has 7 heteroatoms. The van der Waals surface area contributed by atoms with E-state index in [2.05, 4.69) is 9.88 Å². The number of benzene rings is 1. The molecule has 1 aromatic carbocycles. The minimum Gasteiger partial charge on any atom is -0.348 e. The molecule has 0 N–H and O–H groups in total. The zero-order chi connectivity index (χ0) is 20.3. The van der Waals surface area contributed by atoms with E-state index < -0.39 is 11.7 Å². The first-order chi connectivity index (χ1) is 13.2. The lowest BCUT2D eigenvalue weighted by Gasteiger charge is -2.32. The van der Waals surface area contributed by atoms with Gasteiger partial charge < -0.3 is 4.90 Å². The Labute approximate surface area is 163 Å². The predicted molar refractivity (Wildman–Crippen MR) is 102 cm³/mol. The van der Waals surface area contributed by atoms with Crippen LogP contribution in [0.5, 0.6) is 0 Å². The Morgan fingerprint density at radius 2 is 1.96 bits per heavy atom. The van der Waals surface area contributed by atoms with Crippen LogP contribution in [-0.2, 0) is 11.0 Å². The Morgan fingerprint density at radius 1 is 1.21 bits per heavy atom. The molecule has 2 heterocycles. The summed E-state index contributed by atoms with van der Waals surface area (Å²) in [5.74, 6) is 0.223. The van der Waals surface area contributed by atoms with Crippen LogP contribution in [0, 0.1) is 0 Å². The van der Waals surface area contributed by atoms with Gasteiger partial charge in [0.1, 0.15) is 0 Å². The highest BCUT2D eigenvalue weighted by atomic mass is 19.4. The average Bonchev–Trinajstić information content (AvgIpc) is 2.67. The largest absolute Gasteiger partial charge is 0.416 e. The summed E-state index contributed by atoms with van der Waals surface area (Å²) in [6.07, 6.45) is -2.47. The number of pyridine rings is 1. The maximum Gasteiger partial charge on any atom is 0.416 e. The van der Waals surface area contributed by atoms with E-state index in [-0.39, 0.29) is 11.8 Å². The van der Waals surface area contributed by atoms with Gasteiger partial charge in [0.25, 0.3) is 0 Å².